The number of fused-ring (bicyclic) bond motifs is 1. The van der Waals surface area contributed by atoms with E-state index in [1.807, 2.05) is 12.1 Å². The Balaban J connectivity index is 2.02. The lowest BCUT2D eigenvalue weighted by Crippen LogP contribution is -2.07. The fraction of sp³-hybridized carbons (Fsp3) is 0.0769. The summed E-state index contributed by atoms with van der Waals surface area (Å²) in [6, 6.07) is 7.06. The first-order valence-electron chi connectivity index (χ1n) is 5.79. The van der Waals surface area contributed by atoms with Crippen molar-refractivity contribution < 1.29 is 9.42 Å². The van der Waals surface area contributed by atoms with E-state index in [1.165, 1.54) is 6.92 Å². The highest BCUT2D eigenvalue weighted by Gasteiger charge is 2.09. The van der Waals surface area contributed by atoms with Gasteiger partial charge in [-0.05, 0) is 28.0 Å². The number of aromatic nitrogens is 3. The van der Waals surface area contributed by atoms with Crippen molar-refractivity contribution in [3.63, 3.8) is 0 Å². The minimum atomic E-state index is -0.198. The summed E-state index contributed by atoms with van der Waals surface area (Å²) in [6.45, 7) is 1.41. The smallest absolute Gasteiger partial charge is 0.222 e. The van der Waals surface area contributed by atoms with Gasteiger partial charge in [0.25, 0.3) is 0 Å². The van der Waals surface area contributed by atoms with E-state index < -0.39 is 0 Å². The second kappa shape index (κ2) is 4.90. The Morgan fingerprint density at radius 2 is 2.05 bits per heavy atom. The predicted octanol–water partition coefficient (Wildman–Crippen LogP) is 2.90. The first-order chi connectivity index (χ1) is 9.63. The lowest BCUT2D eigenvalue weighted by molar-refractivity contribution is -0.114. The number of benzene rings is 1. The minimum Gasteiger partial charge on any atom is -0.311 e. The zero-order valence-corrected chi connectivity index (χ0v) is 11.2. The van der Waals surface area contributed by atoms with E-state index in [0.717, 1.165) is 11.1 Å². The normalized spacial score (nSPS) is 10.7. The van der Waals surface area contributed by atoms with Gasteiger partial charge < -0.3 is 5.32 Å². The number of hydrogen-bond acceptors (Lipinski definition) is 5. The minimum absolute atomic E-state index is 0.198. The van der Waals surface area contributed by atoms with Gasteiger partial charge in [0.05, 0.1) is 5.02 Å². The monoisotopic (exact) mass is 288 g/mol. The molecule has 6 nitrogen and oxygen atoms in total. The van der Waals surface area contributed by atoms with E-state index in [2.05, 4.69) is 25.2 Å². The maximum absolute atomic E-state index is 11.0. The second-order valence-electron chi connectivity index (χ2n) is 4.20. The van der Waals surface area contributed by atoms with Crippen LogP contribution in [0, 0.1) is 0 Å². The molecule has 7 heteroatoms. The molecule has 2 heterocycles. The first kappa shape index (κ1) is 12.6. The molecule has 0 unspecified atom stereocenters. The van der Waals surface area contributed by atoms with Gasteiger partial charge in [0.2, 0.25) is 5.91 Å². The highest BCUT2D eigenvalue weighted by molar-refractivity contribution is 6.33. The van der Waals surface area contributed by atoms with Gasteiger partial charge in [-0.1, -0.05) is 17.7 Å². The van der Waals surface area contributed by atoms with Crippen molar-refractivity contribution in [1.29, 1.82) is 0 Å². The fourth-order valence-corrected chi connectivity index (χ4v) is 2.10. The number of carbonyl (C=O) groups excluding carboxylic acids is 1. The van der Waals surface area contributed by atoms with Crippen LogP contribution < -0.4 is 5.32 Å². The van der Waals surface area contributed by atoms with Gasteiger partial charge in [0.15, 0.2) is 0 Å². The zero-order valence-electron chi connectivity index (χ0n) is 10.4. The molecule has 0 saturated carbocycles. The van der Waals surface area contributed by atoms with Crippen LogP contribution in [0.1, 0.15) is 6.92 Å². The van der Waals surface area contributed by atoms with Crippen LogP contribution in [0.2, 0.25) is 5.02 Å². The van der Waals surface area contributed by atoms with E-state index in [1.54, 1.807) is 18.3 Å². The predicted molar refractivity (Wildman–Crippen MR) is 74.3 cm³/mol. The molecule has 3 aromatic rings. The number of pyridine rings is 1. The van der Waals surface area contributed by atoms with Crippen molar-refractivity contribution in [3.8, 4) is 11.1 Å². The van der Waals surface area contributed by atoms with E-state index in [-0.39, 0.29) is 5.91 Å². The van der Waals surface area contributed by atoms with Crippen molar-refractivity contribution in [3.05, 3.63) is 35.5 Å². The summed E-state index contributed by atoms with van der Waals surface area (Å²) in [6.07, 6.45) is 1.60. The molecule has 20 heavy (non-hydrogen) atoms. The zero-order chi connectivity index (χ0) is 14.1. The number of hydrogen-bond donors (Lipinski definition) is 1. The number of anilines is 1. The van der Waals surface area contributed by atoms with Crippen LogP contribution in [0.25, 0.3) is 22.2 Å². The molecule has 0 fully saturated rings. The topological polar surface area (TPSA) is 80.9 Å². The van der Waals surface area contributed by atoms with Crippen molar-refractivity contribution in [1.82, 2.24) is 15.3 Å². The molecule has 0 aliphatic heterocycles. The first-order valence-corrected chi connectivity index (χ1v) is 6.17. The molecule has 1 amide bonds. The molecule has 3 rings (SSSR count). The summed E-state index contributed by atoms with van der Waals surface area (Å²) in [7, 11) is 0. The number of nitrogens with one attached hydrogen (secondary N) is 1. The van der Waals surface area contributed by atoms with Gasteiger partial charge >= 0.3 is 0 Å². The van der Waals surface area contributed by atoms with Gasteiger partial charge in [-0.3, -0.25) is 4.79 Å². The summed E-state index contributed by atoms with van der Waals surface area (Å²) in [5.74, 6) is 0.215. The molecule has 2 aromatic heterocycles. The lowest BCUT2D eigenvalue weighted by Gasteiger charge is -2.06. The summed E-state index contributed by atoms with van der Waals surface area (Å²) >= 11 is 6.22. The highest BCUT2D eigenvalue weighted by atomic mass is 35.5. The molecule has 0 aliphatic carbocycles. The SMILES string of the molecule is CC(=O)Nc1cc(Cl)c(-c2ccc3nonc3c2)cn1. The molecule has 0 radical (unpaired) electrons. The van der Waals surface area contributed by atoms with Crippen molar-refractivity contribution in [2.75, 3.05) is 5.32 Å². The van der Waals surface area contributed by atoms with Crippen LogP contribution in [0.4, 0.5) is 5.82 Å². The number of nitrogens with zero attached hydrogens (tertiary/aromatic N) is 3. The molecule has 0 atom stereocenters. The van der Waals surface area contributed by atoms with E-state index in [4.69, 9.17) is 11.6 Å². The summed E-state index contributed by atoms with van der Waals surface area (Å²) in [5.41, 5.74) is 2.91. The molecule has 0 bridgehead atoms. The molecule has 0 aliphatic rings. The molecular formula is C13H9ClN4O2. The van der Waals surface area contributed by atoms with Crippen LogP contribution in [-0.2, 0) is 4.79 Å². The lowest BCUT2D eigenvalue weighted by atomic mass is 10.1. The van der Waals surface area contributed by atoms with Crippen LogP contribution in [-0.4, -0.2) is 21.2 Å². The number of amides is 1. The van der Waals surface area contributed by atoms with Crippen molar-refractivity contribution >= 4 is 34.4 Å². The summed E-state index contributed by atoms with van der Waals surface area (Å²) in [4.78, 5) is 15.1. The average molecular weight is 289 g/mol. The Labute approximate surface area is 118 Å². The van der Waals surface area contributed by atoms with Crippen LogP contribution in [0.15, 0.2) is 35.1 Å². The molecule has 100 valence electrons. The Kier molecular flexibility index (Phi) is 3.08. The summed E-state index contributed by atoms with van der Waals surface area (Å²) < 4.78 is 4.65. The van der Waals surface area contributed by atoms with Crippen molar-refractivity contribution in [2.24, 2.45) is 0 Å². The largest absolute Gasteiger partial charge is 0.311 e. The number of rotatable bonds is 2. The van der Waals surface area contributed by atoms with Crippen LogP contribution in [0.3, 0.4) is 0 Å². The molecule has 1 aromatic carbocycles. The van der Waals surface area contributed by atoms with Crippen molar-refractivity contribution in [2.45, 2.75) is 6.92 Å². The highest BCUT2D eigenvalue weighted by Crippen LogP contribution is 2.30. The third-order valence-electron chi connectivity index (χ3n) is 2.72. The van der Waals surface area contributed by atoms with E-state index in [0.29, 0.717) is 21.9 Å². The Morgan fingerprint density at radius 1 is 1.25 bits per heavy atom. The van der Waals surface area contributed by atoms with Gasteiger partial charge in [0, 0.05) is 24.8 Å². The van der Waals surface area contributed by atoms with Gasteiger partial charge in [-0.2, -0.15) is 0 Å². The van der Waals surface area contributed by atoms with Crippen LogP contribution >= 0.6 is 11.6 Å². The Hall–Kier alpha value is -2.47. The van der Waals surface area contributed by atoms with E-state index >= 15 is 0 Å². The fourth-order valence-electron chi connectivity index (χ4n) is 1.84. The average Bonchev–Trinajstić information content (AvgIpc) is 2.85. The van der Waals surface area contributed by atoms with Gasteiger partial charge in [-0.15, -0.1) is 0 Å². The maximum Gasteiger partial charge on any atom is 0.222 e. The molecule has 0 saturated heterocycles. The van der Waals surface area contributed by atoms with Gasteiger partial charge in [0.1, 0.15) is 16.9 Å². The third-order valence-corrected chi connectivity index (χ3v) is 3.04. The third kappa shape index (κ3) is 2.33. The Bertz CT molecular complexity index is 800. The second-order valence-corrected chi connectivity index (χ2v) is 4.61. The van der Waals surface area contributed by atoms with Gasteiger partial charge in [-0.25, -0.2) is 9.61 Å². The molecular weight excluding hydrogens is 280 g/mol. The maximum atomic E-state index is 11.0. The number of carbonyl (C=O) groups is 1. The quantitative estimate of drug-likeness (QED) is 0.784. The Morgan fingerprint density at radius 3 is 2.80 bits per heavy atom. The summed E-state index contributed by atoms with van der Waals surface area (Å²) in [5, 5.41) is 10.6. The number of halogens is 1. The molecule has 0 spiro atoms. The van der Waals surface area contributed by atoms with E-state index in [9.17, 15) is 4.79 Å². The molecule has 1 N–H and O–H groups in total. The van der Waals surface area contributed by atoms with Crippen LogP contribution in [0.5, 0.6) is 0 Å². The standard InChI is InChI=1S/C13H9ClN4O2/c1-7(19)16-13-5-10(14)9(6-15-13)8-2-3-11-12(4-8)18-20-17-11/h2-6H,1H3,(H,15,16,19).